The minimum atomic E-state index is 0.187. The van der Waals surface area contributed by atoms with E-state index in [4.69, 9.17) is 0 Å². The number of likely N-dealkylation sites (tertiary alicyclic amines) is 1. The molecule has 1 aliphatic heterocycles. The first kappa shape index (κ1) is 19.7. The van der Waals surface area contributed by atoms with Crippen molar-refractivity contribution in [3.05, 3.63) is 72.1 Å². The molecule has 0 amide bonds. The molecular formula is C25H32N4. The molecule has 5 rings (SSSR count). The van der Waals surface area contributed by atoms with E-state index in [1.165, 1.54) is 39.4 Å². The molecule has 2 unspecified atom stereocenters. The van der Waals surface area contributed by atoms with Crippen LogP contribution in [-0.2, 0) is 0 Å². The van der Waals surface area contributed by atoms with E-state index in [-0.39, 0.29) is 6.04 Å². The predicted molar refractivity (Wildman–Crippen MR) is 123 cm³/mol. The number of likely N-dealkylation sites (N-methyl/N-ethyl adjacent to an activating group) is 1. The molecule has 4 aromatic rings. The first-order valence-electron chi connectivity index (χ1n) is 10.8. The van der Waals surface area contributed by atoms with Crippen LogP contribution in [-0.4, -0.2) is 40.5 Å². The molecule has 1 saturated heterocycles. The Hall–Kier alpha value is -2.56. The number of fused-ring (bicyclic) bond motifs is 2. The van der Waals surface area contributed by atoms with Crippen molar-refractivity contribution in [1.29, 1.82) is 0 Å². The standard InChI is InChI=1S/C23H26N4.C2H6/c1-15-11-20(14-27(15)2)26-23(18-3-5-21-16(12-18)7-9-24-21)19-4-6-22-17(13-19)8-10-25-22;1-2/h3-10,12-13,15,20,23-26H,11,14H2,1-2H3;1-2H3. The van der Waals surface area contributed by atoms with Crippen molar-refractivity contribution in [1.82, 2.24) is 20.2 Å². The highest BCUT2D eigenvalue weighted by Crippen LogP contribution is 2.29. The lowest BCUT2D eigenvalue weighted by molar-refractivity contribution is 0.325. The van der Waals surface area contributed by atoms with Crippen LogP contribution in [0.15, 0.2) is 60.9 Å². The van der Waals surface area contributed by atoms with E-state index < -0.39 is 0 Å². The molecule has 0 saturated carbocycles. The average Bonchev–Trinajstić information content (AvgIpc) is 3.47. The maximum atomic E-state index is 3.96. The van der Waals surface area contributed by atoms with Gasteiger partial charge in [0.2, 0.25) is 0 Å². The Morgan fingerprint density at radius 3 is 1.93 bits per heavy atom. The van der Waals surface area contributed by atoms with Gasteiger partial charge in [-0.3, -0.25) is 0 Å². The number of aromatic nitrogens is 2. The molecule has 1 fully saturated rings. The largest absolute Gasteiger partial charge is 0.361 e. The molecule has 4 nitrogen and oxygen atoms in total. The van der Waals surface area contributed by atoms with Crippen molar-refractivity contribution < 1.29 is 0 Å². The van der Waals surface area contributed by atoms with Crippen molar-refractivity contribution in [2.75, 3.05) is 13.6 Å². The third-order valence-electron chi connectivity index (χ3n) is 6.11. The summed E-state index contributed by atoms with van der Waals surface area (Å²) < 4.78 is 0. The minimum absolute atomic E-state index is 0.187. The van der Waals surface area contributed by atoms with Gasteiger partial charge in [0.1, 0.15) is 0 Å². The summed E-state index contributed by atoms with van der Waals surface area (Å²) in [6, 6.07) is 19.1. The van der Waals surface area contributed by atoms with Gasteiger partial charge in [-0.25, -0.2) is 0 Å². The number of nitrogens with one attached hydrogen (secondary N) is 3. The highest BCUT2D eigenvalue weighted by molar-refractivity contribution is 5.81. The van der Waals surface area contributed by atoms with Gasteiger partial charge in [-0.1, -0.05) is 26.0 Å². The molecule has 1 aliphatic rings. The molecule has 3 N–H and O–H groups in total. The zero-order valence-corrected chi connectivity index (χ0v) is 17.9. The molecule has 0 aliphatic carbocycles. The number of H-pyrrole nitrogens is 2. The number of rotatable bonds is 4. The molecule has 0 radical (unpaired) electrons. The summed E-state index contributed by atoms with van der Waals surface area (Å²) in [5.74, 6) is 0. The minimum Gasteiger partial charge on any atom is -0.361 e. The van der Waals surface area contributed by atoms with E-state index in [0.717, 1.165) is 6.54 Å². The first-order valence-corrected chi connectivity index (χ1v) is 10.8. The van der Waals surface area contributed by atoms with Crippen LogP contribution < -0.4 is 5.32 Å². The Morgan fingerprint density at radius 1 is 0.897 bits per heavy atom. The number of benzene rings is 2. The van der Waals surface area contributed by atoms with Gasteiger partial charge in [0, 0.05) is 42.1 Å². The molecule has 152 valence electrons. The predicted octanol–water partition coefficient (Wildman–Crippen LogP) is 5.45. The van der Waals surface area contributed by atoms with Gasteiger partial charge in [-0.15, -0.1) is 0 Å². The fraction of sp³-hybridized carbons (Fsp3) is 0.360. The van der Waals surface area contributed by atoms with Crippen LogP contribution in [0.4, 0.5) is 0 Å². The second kappa shape index (κ2) is 8.44. The maximum Gasteiger partial charge on any atom is 0.0579 e. The molecule has 29 heavy (non-hydrogen) atoms. The molecule has 4 heteroatoms. The van der Waals surface area contributed by atoms with Crippen molar-refractivity contribution in [2.24, 2.45) is 0 Å². The Morgan fingerprint density at radius 2 is 1.45 bits per heavy atom. The fourth-order valence-electron chi connectivity index (χ4n) is 4.44. The summed E-state index contributed by atoms with van der Waals surface area (Å²) in [5.41, 5.74) is 5.01. The van der Waals surface area contributed by atoms with E-state index in [1.807, 2.05) is 26.2 Å². The normalized spacial score (nSPS) is 19.8. The molecule has 2 aromatic carbocycles. The van der Waals surface area contributed by atoms with Crippen LogP contribution in [0.5, 0.6) is 0 Å². The molecule has 2 aromatic heterocycles. The highest BCUT2D eigenvalue weighted by atomic mass is 15.2. The lowest BCUT2D eigenvalue weighted by Crippen LogP contribution is -2.35. The number of nitrogens with zero attached hydrogens (tertiary/aromatic N) is 1. The third-order valence-corrected chi connectivity index (χ3v) is 6.11. The van der Waals surface area contributed by atoms with Crippen LogP contribution in [0.25, 0.3) is 21.8 Å². The van der Waals surface area contributed by atoms with Gasteiger partial charge in [0.05, 0.1) is 6.04 Å². The highest BCUT2D eigenvalue weighted by Gasteiger charge is 2.29. The monoisotopic (exact) mass is 388 g/mol. The Labute approximate surface area is 173 Å². The van der Waals surface area contributed by atoms with Crippen LogP contribution in [0, 0.1) is 0 Å². The van der Waals surface area contributed by atoms with Crippen molar-refractivity contribution in [3.63, 3.8) is 0 Å². The Kier molecular flexibility index (Phi) is 5.74. The fourth-order valence-corrected chi connectivity index (χ4v) is 4.44. The van der Waals surface area contributed by atoms with E-state index >= 15 is 0 Å². The summed E-state index contributed by atoms with van der Waals surface area (Å²) in [6.45, 7) is 7.41. The molecule has 3 heterocycles. The summed E-state index contributed by atoms with van der Waals surface area (Å²) in [6.07, 6.45) is 5.21. The van der Waals surface area contributed by atoms with Crippen LogP contribution in [0.2, 0.25) is 0 Å². The first-order chi connectivity index (χ1) is 14.2. The average molecular weight is 389 g/mol. The van der Waals surface area contributed by atoms with E-state index in [9.17, 15) is 0 Å². The summed E-state index contributed by atoms with van der Waals surface area (Å²) in [7, 11) is 2.22. The van der Waals surface area contributed by atoms with Crippen molar-refractivity contribution in [3.8, 4) is 0 Å². The number of aromatic amines is 2. The van der Waals surface area contributed by atoms with Crippen LogP contribution in [0.1, 0.15) is 44.4 Å². The zero-order valence-electron chi connectivity index (χ0n) is 17.9. The topological polar surface area (TPSA) is 46.9 Å². The van der Waals surface area contributed by atoms with Gasteiger partial charge in [-0.05, 0) is 78.7 Å². The lowest BCUT2D eigenvalue weighted by atomic mass is 9.95. The van der Waals surface area contributed by atoms with Gasteiger partial charge < -0.3 is 20.2 Å². The molecule has 0 spiro atoms. The van der Waals surface area contributed by atoms with Gasteiger partial charge in [-0.2, -0.15) is 0 Å². The molecule has 0 bridgehead atoms. The SMILES string of the molecule is CC.CC1CC(NC(c2ccc3[nH]ccc3c2)c2ccc3[nH]ccc3c2)CN1C. The van der Waals surface area contributed by atoms with E-state index in [2.05, 4.69) is 82.7 Å². The summed E-state index contributed by atoms with van der Waals surface area (Å²) >= 11 is 0. The smallest absolute Gasteiger partial charge is 0.0579 e. The zero-order chi connectivity index (χ0) is 20.4. The molecule has 2 atom stereocenters. The second-order valence-corrected chi connectivity index (χ2v) is 7.97. The van der Waals surface area contributed by atoms with E-state index in [0.29, 0.717) is 12.1 Å². The quantitative estimate of drug-likeness (QED) is 0.435. The van der Waals surface area contributed by atoms with Gasteiger partial charge in [0.25, 0.3) is 0 Å². The van der Waals surface area contributed by atoms with Crippen LogP contribution >= 0.6 is 0 Å². The lowest BCUT2D eigenvalue weighted by Gasteiger charge is -2.24. The van der Waals surface area contributed by atoms with Crippen molar-refractivity contribution in [2.45, 2.75) is 45.3 Å². The third kappa shape index (κ3) is 3.96. The summed E-state index contributed by atoms with van der Waals surface area (Å²) in [5, 5.41) is 6.49. The van der Waals surface area contributed by atoms with Crippen molar-refractivity contribution >= 4 is 21.8 Å². The van der Waals surface area contributed by atoms with E-state index in [1.54, 1.807) is 0 Å². The second-order valence-electron chi connectivity index (χ2n) is 7.97. The number of hydrogen-bond acceptors (Lipinski definition) is 2. The summed E-state index contributed by atoms with van der Waals surface area (Å²) in [4.78, 5) is 9.04. The maximum absolute atomic E-state index is 3.96. The number of hydrogen-bond donors (Lipinski definition) is 3. The molecular weight excluding hydrogens is 356 g/mol. The van der Waals surface area contributed by atoms with Gasteiger partial charge >= 0.3 is 0 Å². The Balaban J connectivity index is 0.000000994. The Bertz CT molecular complexity index is 993. The van der Waals surface area contributed by atoms with Gasteiger partial charge in [0.15, 0.2) is 0 Å². The van der Waals surface area contributed by atoms with Crippen LogP contribution in [0.3, 0.4) is 0 Å².